The van der Waals surface area contributed by atoms with Crippen LogP contribution < -0.4 is 9.47 Å². The Kier molecular flexibility index (Phi) is 4.94. The predicted molar refractivity (Wildman–Crippen MR) is 102 cm³/mol. The maximum Gasteiger partial charge on any atom is 0.255 e. The van der Waals surface area contributed by atoms with Crippen LogP contribution in [0.5, 0.6) is 11.5 Å². The summed E-state index contributed by atoms with van der Waals surface area (Å²) < 4.78 is 10.8. The molecule has 2 heterocycles. The van der Waals surface area contributed by atoms with E-state index in [0.717, 1.165) is 16.9 Å². The molecular weight excluding hydrogens is 364 g/mol. The summed E-state index contributed by atoms with van der Waals surface area (Å²) in [7, 11) is 0. The number of amides is 1. The summed E-state index contributed by atoms with van der Waals surface area (Å²) in [5.74, 6) is 1.27. The number of carbonyl (C=O) groups excluding carboxylic acids is 1. The molecule has 1 aliphatic heterocycles. The number of nitrogens with zero attached hydrogens (tertiary/aromatic N) is 2. The molecule has 136 valence electrons. The van der Waals surface area contributed by atoms with E-state index in [1.54, 1.807) is 29.4 Å². The lowest BCUT2D eigenvalue weighted by molar-refractivity contribution is 0.0730. The molecule has 6 heteroatoms. The first kappa shape index (κ1) is 17.4. The molecule has 0 atom stereocenters. The van der Waals surface area contributed by atoms with Crippen molar-refractivity contribution in [2.75, 3.05) is 6.79 Å². The van der Waals surface area contributed by atoms with E-state index in [-0.39, 0.29) is 12.7 Å². The van der Waals surface area contributed by atoms with Gasteiger partial charge in [0.15, 0.2) is 11.5 Å². The molecule has 0 N–H and O–H groups in total. The van der Waals surface area contributed by atoms with Crippen molar-refractivity contribution in [3.63, 3.8) is 0 Å². The number of pyridine rings is 1. The van der Waals surface area contributed by atoms with Gasteiger partial charge in [0.2, 0.25) is 6.79 Å². The molecule has 0 fully saturated rings. The lowest BCUT2D eigenvalue weighted by Crippen LogP contribution is -2.30. The highest BCUT2D eigenvalue weighted by Gasteiger charge is 2.21. The van der Waals surface area contributed by atoms with Gasteiger partial charge >= 0.3 is 0 Å². The molecule has 1 amide bonds. The molecule has 0 bridgehead atoms. The number of rotatable bonds is 5. The normalized spacial score (nSPS) is 12.0. The predicted octanol–water partition coefficient (Wildman–Crippen LogP) is 4.31. The quantitative estimate of drug-likeness (QED) is 0.662. The third-order valence-electron chi connectivity index (χ3n) is 4.30. The molecule has 5 nitrogen and oxygen atoms in total. The van der Waals surface area contributed by atoms with Gasteiger partial charge in [0.05, 0.1) is 10.6 Å². The zero-order valence-electron chi connectivity index (χ0n) is 14.5. The monoisotopic (exact) mass is 380 g/mol. The highest BCUT2D eigenvalue weighted by Crippen LogP contribution is 2.33. The summed E-state index contributed by atoms with van der Waals surface area (Å²) >= 11 is 6.25. The van der Waals surface area contributed by atoms with Gasteiger partial charge in [-0.2, -0.15) is 0 Å². The van der Waals surface area contributed by atoms with Crippen molar-refractivity contribution in [2.24, 2.45) is 0 Å². The van der Waals surface area contributed by atoms with Crippen LogP contribution in [0.25, 0.3) is 0 Å². The topological polar surface area (TPSA) is 51.7 Å². The van der Waals surface area contributed by atoms with Gasteiger partial charge in [-0.05, 0) is 41.5 Å². The average Bonchev–Trinajstić information content (AvgIpc) is 3.16. The summed E-state index contributed by atoms with van der Waals surface area (Å²) in [4.78, 5) is 19.1. The minimum Gasteiger partial charge on any atom is -0.454 e. The van der Waals surface area contributed by atoms with E-state index in [2.05, 4.69) is 4.98 Å². The zero-order valence-corrected chi connectivity index (χ0v) is 15.2. The molecule has 0 saturated heterocycles. The number of carbonyl (C=O) groups is 1. The van der Waals surface area contributed by atoms with E-state index in [1.807, 2.05) is 42.5 Å². The van der Waals surface area contributed by atoms with Crippen molar-refractivity contribution in [3.05, 3.63) is 88.7 Å². The van der Waals surface area contributed by atoms with Crippen LogP contribution in [0.4, 0.5) is 0 Å². The fourth-order valence-corrected chi connectivity index (χ4v) is 3.19. The van der Waals surface area contributed by atoms with Gasteiger partial charge in [-0.3, -0.25) is 9.78 Å². The van der Waals surface area contributed by atoms with Crippen LogP contribution in [0.3, 0.4) is 0 Å². The molecular formula is C21H17ClN2O3. The van der Waals surface area contributed by atoms with Crippen LogP contribution >= 0.6 is 11.6 Å². The minimum atomic E-state index is -0.137. The Bertz CT molecular complexity index is 963. The Labute approximate surface area is 162 Å². The second kappa shape index (κ2) is 7.68. The Morgan fingerprint density at radius 2 is 1.81 bits per heavy atom. The fourth-order valence-electron chi connectivity index (χ4n) is 2.98. The number of benzene rings is 2. The van der Waals surface area contributed by atoms with Crippen LogP contribution in [0.1, 0.15) is 21.5 Å². The minimum absolute atomic E-state index is 0.137. The van der Waals surface area contributed by atoms with Gasteiger partial charge in [0.25, 0.3) is 5.91 Å². The SMILES string of the molecule is O=C(c1ccccc1Cl)N(Cc1cccnc1)Cc1ccc2c(c1)OCO2. The Morgan fingerprint density at radius 3 is 2.63 bits per heavy atom. The number of hydrogen-bond donors (Lipinski definition) is 0. The molecule has 0 radical (unpaired) electrons. The molecule has 0 unspecified atom stereocenters. The van der Waals surface area contributed by atoms with Crippen molar-refractivity contribution >= 4 is 17.5 Å². The van der Waals surface area contributed by atoms with E-state index in [0.29, 0.717) is 29.4 Å². The second-order valence-electron chi connectivity index (χ2n) is 6.19. The van der Waals surface area contributed by atoms with Gasteiger partial charge in [0, 0.05) is 25.5 Å². The van der Waals surface area contributed by atoms with Crippen molar-refractivity contribution < 1.29 is 14.3 Å². The molecule has 3 aromatic rings. The van der Waals surface area contributed by atoms with Gasteiger partial charge in [-0.1, -0.05) is 35.9 Å². The van der Waals surface area contributed by atoms with Crippen molar-refractivity contribution in [1.82, 2.24) is 9.88 Å². The Morgan fingerprint density at radius 1 is 1.00 bits per heavy atom. The third kappa shape index (κ3) is 3.88. The van der Waals surface area contributed by atoms with Crippen LogP contribution in [-0.2, 0) is 13.1 Å². The first-order chi connectivity index (χ1) is 13.2. The highest BCUT2D eigenvalue weighted by molar-refractivity contribution is 6.33. The number of aromatic nitrogens is 1. The van der Waals surface area contributed by atoms with Crippen molar-refractivity contribution in [3.8, 4) is 11.5 Å². The molecule has 1 aromatic heterocycles. The molecule has 0 saturated carbocycles. The van der Waals surface area contributed by atoms with Gasteiger partial charge in [-0.15, -0.1) is 0 Å². The number of hydrogen-bond acceptors (Lipinski definition) is 4. The summed E-state index contributed by atoms with van der Waals surface area (Å²) in [6, 6.07) is 16.6. The van der Waals surface area contributed by atoms with Crippen LogP contribution in [0, 0.1) is 0 Å². The van der Waals surface area contributed by atoms with E-state index in [1.165, 1.54) is 0 Å². The van der Waals surface area contributed by atoms with E-state index in [4.69, 9.17) is 21.1 Å². The largest absolute Gasteiger partial charge is 0.454 e. The van der Waals surface area contributed by atoms with Crippen LogP contribution in [0.2, 0.25) is 5.02 Å². The fraction of sp³-hybridized carbons (Fsp3) is 0.143. The number of fused-ring (bicyclic) bond motifs is 1. The Balaban J connectivity index is 1.63. The lowest BCUT2D eigenvalue weighted by atomic mass is 10.1. The maximum atomic E-state index is 13.2. The average molecular weight is 381 g/mol. The van der Waals surface area contributed by atoms with E-state index in [9.17, 15) is 4.79 Å². The third-order valence-corrected chi connectivity index (χ3v) is 4.63. The van der Waals surface area contributed by atoms with E-state index < -0.39 is 0 Å². The summed E-state index contributed by atoms with van der Waals surface area (Å²) in [6.45, 7) is 1.05. The van der Waals surface area contributed by atoms with Gasteiger partial charge in [0.1, 0.15) is 0 Å². The van der Waals surface area contributed by atoms with E-state index >= 15 is 0 Å². The van der Waals surface area contributed by atoms with Crippen LogP contribution in [0.15, 0.2) is 67.0 Å². The Hall–Kier alpha value is -3.05. The second-order valence-corrected chi connectivity index (χ2v) is 6.60. The first-order valence-electron chi connectivity index (χ1n) is 8.52. The first-order valence-corrected chi connectivity index (χ1v) is 8.90. The molecule has 4 rings (SSSR count). The van der Waals surface area contributed by atoms with Crippen LogP contribution in [-0.4, -0.2) is 22.6 Å². The summed E-state index contributed by atoms with van der Waals surface area (Å²) in [5.41, 5.74) is 2.37. The smallest absolute Gasteiger partial charge is 0.255 e. The summed E-state index contributed by atoms with van der Waals surface area (Å²) in [6.07, 6.45) is 3.47. The standard InChI is InChI=1S/C21H17ClN2O3/c22-18-6-2-1-5-17(18)21(25)24(13-16-4-3-9-23-11-16)12-15-7-8-19-20(10-15)27-14-26-19/h1-11H,12-14H2. The number of ether oxygens (including phenoxy) is 2. The molecule has 2 aromatic carbocycles. The number of halogens is 1. The van der Waals surface area contributed by atoms with Crippen molar-refractivity contribution in [1.29, 1.82) is 0 Å². The van der Waals surface area contributed by atoms with Gasteiger partial charge in [-0.25, -0.2) is 0 Å². The zero-order chi connectivity index (χ0) is 18.6. The molecule has 0 spiro atoms. The molecule has 27 heavy (non-hydrogen) atoms. The molecule has 0 aliphatic carbocycles. The maximum absolute atomic E-state index is 13.2. The highest BCUT2D eigenvalue weighted by atomic mass is 35.5. The summed E-state index contributed by atoms with van der Waals surface area (Å²) in [5, 5.41) is 0.435. The van der Waals surface area contributed by atoms with Gasteiger partial charge < -0.3 is 14.4 Å². The lowest BCUT2D eigenvalue weighted by Gasteiger charge is -2.23. The molecule has 1 aliphatic rings. The van der Waals surface area contributed by atoms with Crippen molar-refractivity contribution in [2.45, 2.75) is 13.1 Å².